The first kappa shape index (κ1) is 37.8. The molecule has 5 aromatic rings. The van der Waals surface area contributed by atoms with Crippen LogP contribution in [0.4, 0.5) is 24.7 Å². The zero-order chi connectivity index (χ0) is 39.0. The number of hydrogen-bond donors (Lipinski definition) is 1. The highest BCUT2D eigenvalue weighted by molar-refractivity contribution is 6.11. The molecule has 278 valence electrons. The minimum absolute atomic E-state index is 0.0505. The maximum absolute atomic E-state index is 15.1. The Balaban J connectivity index is 1.45. The molecule has 2 heterocycles. The molecule has 1 aromatic heterocycles. The third kappa shape index (κ3) is 9.00. The summed E-state index contributed by atoms with van der Waals surface area (Å²) in [6.45, 7) is 0.249. The number of nitrogens with zero attached hydrogens (tertiary/aromatic N) is 3. The fourth-order valence-corrected chi connectivity index (χ4v) is 6.17. The molecule has 2 atom stereocenters. The van der Waals surface area contributed by atoms with Crippen molar-refractivity contribution in [3.8, 4) is 17.6 Å². The molecule has 10 nitrogen and oxygen atoms in total. The molecule has 0 spiro atoms. The zero-order valence-corrected chi connectivity index (χ0v) is 29.1. The molecule has 0 saturated heterocycles. The topological polar surface area (TPSA) is 132 Å². The van der Waals surface area contributed by atoms with Gasteiger partial charge in [-0.1, -0.05) is 103 Å². The molecule has 0 saturated carbocycles. The number of amides is 2. The van der Waals surface area contributed by atoms with Crippen LogP contribution in [0.25, 0.3) is 0 Å². The monoisotopic (exact) mass is 746 g/mol. The first-order valence-electron chi connectivity index (χ1n) is 17.1. The van der Waals surface area contributed by atoms with Crippen molar-refractivity contribution in [2.45, 2.75) is 37.6 Å². The van der Waals surface area contributed by atoms with Crippen LogP contribution in [0.2, 0.25) is 0 Å². The first-order valence-corrected chi connectivity index (χ1v) is 17.1. The summed E-state index contributed by atoms with van der Waals surface area (Å²) in [6, 6.07) is 31.0. The molecule has 0 fully saturated rings. The van der Waals surface area contributed by atoms with Gasteiger partial charge in [0, 0.05) is 18.2 Å². The maximum atomic E-state index is 15.1. The maximum Gasteiger partial charge on any atom is 0.491 e. The number of carbonyl (C=O) groups is 4. The lowest BCUT2D eigenvalue weighted by Crippen LogP contribution is -2.45. The summed E-state index contributed by atoms with van der Waals surface area (Å²) >= 11 is 0. The number of esters is 2. The lowest BCUT2D eigenvalue weighted by molar-refractivity contribution is -0.202. The molecule has 2 amide bonds. The van der Waals surface area contributed by atoms with E-state index >= 15 is 9.59 Å². The number of pyridine rings is 1. The summed E-state index contributed by atoms with van der Waals surface area (Å²) in [5.41, 5.74) is 8.01. The van der Waals surface area contributed by atoms with Crippen molar-refractivity contribution in [1.82, 2.24) is 9.88 Å². The first-order chi connectivity index (χ1) is 26.5. The minimum atomic E-state index is -5.44. The predicted octanol–water partition coefficient (Wildman–Crippen LogP) is 6.98. The summed E-state index contributed by atoms with van der Waals surface area (Å²) in [5.74, 6) is 1.20. The van der Waals surface area contributed by atoms with Gasteiger partial charge >= 0.3 is 18.1 Å². The van der Waals surface area contributed by atoms with Crippen molar-refractivity contribution in [1.29, 1.82) is 0 Å². The lowest BCUT2D eigenvalue weighted by Gasteiger charge is -2.37. The van der Waals surface area contributed by atoms with Crippen LogP contribution >= 0.6 is 0 Å². The second kappa shape index (κ2) is 16.8. The number of halogens is 3. The van der Waals surface area contributed by atoms with E-state index in [4.69, 9.17) is 10.5 Å². The van der Waals surface area contributed by atoms with Crippen LogP contribution in [-0.4, -0.2) is 46.4 Å². The van der Waals surface area contributed by atoms with E-state index in [9.17, 15) is 22.8 Å². The number of nitrogens with two attached hydrogens (primary N) is 1. The molecule has 1 aliphatic heterocycles. The molecule has 0 aliphatic carbocycles. The van der Waals surface area contributed by atoms with Crippen LogP contribution in [0.5, 0.6) is 5.75 Å². The number of fused-ring (bicyclic) bond motifs is 1. The molecule has 55 heavy (non-hydrogen) atoms. The van der Waals surface area contributed by atoms with E-state index < -0.39 is 48.4 Å². The average molecular weight is 747 g/mol. The van der Waals surface area contributed by atoms with E-state index in [0.717, 1.165) is 5.56 Å². The van der Waals surface area contributed by atoms with Gasteiger partial charge < -0.3 is 25.0 Å². The largest absolute Gasteiger partial charge is 0.491 e. The number of anilines is 2. The number of benzene rings is 4. The number of nitrogen functional groups attached to an aromatic ring is 1. The second-order valence-corrected chi connectivity index (χ2v) is 12.3. The van der Waals surface area contributed by atoms with Crippen molar-refractivity contribution in [2.75, 3.05) is 17.2 Å². The highest BCUT2D eigenvalue weighted by Gasteiger charge is 2.46. The second-order valence-electron chi connectivity index (χ2n) is 12.3. The Morgan fingerprint density at radius 2 is 1.55 bits per heavy atom. The van der Waals surface area contributed by atoms with Crippen molar-refractivity contribution >= 4 is 35.3 Å². The van der Waals surface area contributed by atoms with Crippen LogP contribution in [0.3, 0.4) is 0 Å². The molecule has 0 radical (unpaired) electrons. The Morgan fingerprint density at radius 1 is 0.873 bits per heavy atom. The average Bonchev–Trinajstić information content (AvgIpc) is 3.27. The summed E-state index contributed by atoms with van der Waals surface area (Å²) in [5, 5.41) is 0. The Hall–Kier alpha value is -6.94. The summed E-state index contributed by atoms with van der Waals surface area (Å²) in [7, 11) is 0. The van der Waals surface area contributed by atoms with Gasteiger partial charge in [0.05, 0.1) is 36.9 Å². The van der Waals surface area contributed by atoms with E-state index in [1.807, 2.05) is 30.3 Å². The highest BCUT2D eigenvalue weighted by atomic mass is 19.4. The third-order valence-electron chi connectivity index (χ3n) is 8.66. The van der Waals surface area contributed by atoms with Crippen LogP contribution in [-0.2, 0) is 25.7 Å². The van der Waals surface area contributed by atoms with Crippen molar-refractivity contribution in [3.63, 3.8) is 0 Å². The highest BCUT2D eigenvalue weighted by Crippen LogP contribution is 2.42. The van der Waals surface area contributed by atoms with Crippen molar-refractivity contribution in [2.24, 2.45) is 0 Å². The van der Waals surface area contributed by atoms with Crippen LogP contribution < -0.4 is 15.4 Å². The Bertz CT molecular complexity index is 2240. The number of alkyl halides is 3. The Kier molecular flexibility index (Phi) is 11.6. The van der Waals surface area contributed by atoms with E-state index in [1.54, 1.807) is 91.1 Å². The van der Waals surface area contributed by atoms with Gasteiger partial charge in [-0.05, 0) is 47.0 Å². The molecule has 1 aliphatic rings. The van der Waals surface area contributed by atoms with E-state index in [2.05, 4.69) is 21.6 Å². The normalized spacial score (nSPS) is 14.6. The fraction of sp³-hybridized carbons (Fsp3) is 0.167. The van der Waals surface area contributed by atoms with Gasteiger partial charge in [-0.25, -0.2) is 9.78 Å². The fourth-order valence-electron chi connectivity index (χ4n) is 6.17. The molecule has 2 unspecified atom stereocenters. The lowest BCUT2D eigenvalue weighted by atomic mass is 9.95. The smallest absolute Gasteiger partial charge is 0.489 e. The minimum Gasteiger partial charge on any atom is -0.489 e. The van der Waals surface area contributed by atoms with Gasteiger partial charge in [-0.2, -0.15) is 13.2 Å². The van der Waals surface area contributed by atoms with Crippen molar-refractivity contribution in [3.05, 3.63) is 155 Å². The van der Waals surface area contributed by atoms with Crippen LogP contribution in [0.1, 0.15) is 57.5 Å². The number of aromatic nitrogens is 1. The van der Waals surface area contributed by atoms with E-state index in [-0.39, 0.29) is 36.6 Å². The van der Waals surface area contributed by atoms with Gasteiger partial charge in [0.1, 0.15) is 6.04 Å². The molecule has 2 N–H and O–H groups in total. The molecule has 4 aromatic carbocycles. The standard InChI is InChI=1S/C42H33F3N4O6/c43-42(44,45)41(53)55-36(50)26-34(30-16-6-2-7-17-30)49-37(31-18-8-3-9-19-31)40(52)48(27-29-14-4-1-5-15-29)33-22-21-28(25-32(33)39(49)51)13-10-11-24-54-35-20-12-23-47-38(35)46/h1-9,12,14-23,25,34,37H,11,24,26-27H2,(H2,46,47). The van der Waals surface area contributed by atoms with Crippen LogP contribution in [0, 0.1) is 11.8 Å². The third-order valence-corrected chi connectivity index (χ3v) is 8.66. The number of ether oxygens (including phenoxy) is 2. The number of hydrogen-bond acceptors (Lipinski definition) is 8. The molecular formula is C42H33F3N4O6. The quantitative estimate of drug-likeness (QED) is 0.0701. The van der Waals surface area contributed by atoms with E-state index in [0.29, 0.717) is 22.4 Å². The number of rotatable bonds is 10. The van der Waals surface area contributed by atoms with E-state index in [1.165, 1.54) is 15.9 Å². The Morgan fingerprint density at radius 3 is 2.22 bits per heavy atom. The van der Waals surface area contributed by atoms with Gasteiger partial charge in [0.2, 0.25) is 0 Å². The molecular weight excluding hydrogens is 713 g/mol. The van der Waals surface area contributed by atoms with Crippen molar-refractivity contribution < 1.29 is 41.8 Å². The SMILES string of the molecule is Nc1ncccc1OCCC#Cc1ccc2c(c1)C(=O)N(C(CC(=O)OC(=O)C(F)(F)F)c1ccccc1)C(c1ccccc1)C(=O)N2Cc1ccccc1. The summed E-state index contributed by atoms with van der Waals surface area (Å²) < 4.78 is 49.4. The predicted molar refractivity (Wildman–Crippen MR) is 196 cm³/mol. The Labute approximate surface area is 314 Å². The zero-order valence-electron chi connectivity index (χ0n) is 29.1. The van der Waals surface area contributed by atoms with Gasteiger partial charge in [-0.15, -0.1) is 0 Å². The van der Waals surface area contributed by atoms with Gasteiger partial charge in [0.25, 0.3) is 11.8 Å². The van der Waals surface area contributed by atoms with Gasteiger partial charge in [-0.3, -0.25) is 14.4 Å². The van der Waals surface area contributed by atoms with Gasteiger partial charge in [0.15, 0.2) is 11.6 Å². The summed E-state index contributed by atoms with van der Waals surface area (Å²) in [4.78, 5) is 61.6. The number of carbonyl (C=O) groups excluding carboxylic acids is 4. The van der Waals surface area contributed by atoms with Crippen LogP contribution in [0.15, 0.2) is 128 Å². The summed E-state index contributed by atoms with van der Waals surface area (Å²) in [6.07, 6.45) is -4.49. The molecule has 0 bridgehead atoms. The molecule has 13 heteroatoms. The molecule has 6 rings (SSSR count).